The molecule has 0 aliphatic heterocycles. The van der Waals surface area contributed by atoms with E-state index in [1.54, 1.807) is 35.8 Å². The molecule has 3 aromatic rings. The summed E-state index contributed by atoms with van der Waals surface area (Å²) in [5, 5.41) is 7.88. The van der Waals surface area contributed by atoms with Gasteiger partial charge in [-0.2, -0.15) is 0 Å². The molecule has 0 aliphatic carbocycles. The fourth-order valence-corrected chi connectivity index (χ4v) is 2.99. The highest BCUT2D eigenvalue weighted by Crippen LogP contribution is 2.19. The number of thiazole rings is 1. The number of nitrogens with zero attached hydrogens (tertiary/aromatic N) is 1. The van der Waals surface area contributed by atoms with Crippen molar-refractivity contribution in [3.63, 3.8) is 0 Å². The Morgan fingerprint density at radius 3 is 2.54 bits per heavy atom. The topological polar surface area (TPSA) is 71.1 Å². The zero-order chi connectivity index (χ0) is 18.4. The number of benzene rings is 2. The molecular weight excluding hydrogens is 346 g/mol. The summed E-state index contributed by atoms with van der Waals surface area (Å²) >= 11 is 1.34. The van der Waals surface area contributed by atoms with Crippen LogP contribution in [0.3, 0.4) is 0 Å². The highest BCUT2D eigenvalue weighted by molar-refractivity contribution is 7.13. The molecule has 5 nitrogen and oxygen atoms in total. The van der Waals surface area contributed by atoms with E-state index in [1.165, 1.54) is 16.9 Å². The van der Waals surface area contributed by atoms with Gasteiger partial charge in [-0.05, 0) is 31.0 Å². The van der Waals surface area contributed by atoms with E-state index in [4.69, 9.17) is 0 Å². The molecule has 0 bridgehead atoms. The van der Waals surface area contributed by atoms with E-state index in [-0.39, 0.29) is 11.8 Å². The average Bonchev–Trinajstić information content (AvgIpc) is 3.14. The van der Waals surface area contributed by atoms with Crippen molar-refractivity contribution >= 4 is 34.0 Å². The van der Waals surface area contributed by atoms with Gasteiger partial charge in [0, 0.05) is 18.0 Å². The number of para-hydroxylation sites is 1. The Labute approximate surface area is 156 Å². The van der Waals surface area contributed by atoms with Gasteiger partial charge >= 0.3 is 0 Å². The van der Waals surface area contributed by atoms with Crippen LogP contribution in [0.15, 0.2) is 60.1 Å². The summed E-state index contributed by atoms with van der Waals surface area (Å²) in [7, 11) is 0. The van der Waals surface area contributed by atoms with Crippen molar-refractivity contribution in [3.05, 3.63) is 76.8 Å². The van der Waals surface area contributed by atoms with Gasteiger partial charge in [0.05, 0.1) is 11.3 Å². The maximum absolute atomic E-state index is 12.4. The molecule has 0 saturated carbocycles. The number of amides is 2. The van der Waals surface area contributed by atoms with Crippen LogP contribution in [-0.2, 0) is 11.2 Å². The molecule has 132 valence electrons. The molecule has 0 fully saturated rings. The lowest BCUT2D eigenvalue weighted by atomic mass is 10.1. The fourth-order valence-electron chi connectivity index (χ4n) is 2.47. The Hall–Kier alpha value is -2.99. The van der Waals surface area contributed by atoms with Gasteiger partial charge in [-0.25, -0.2) is 4.98 Å². The van der Waals surface area contributed by atoms with Crippen LogP contribution in [0.2, 0.25) is 0 Å². The van der Waals surface area contributed by atoms with Crippen molar-refractivity contribution in [2.45, 2.75) is 19.8 Å². The third-order valence-electron chi connectivity index (χ3n) is 3.86. The first-order valence-corrected chi connectivity index (χ1v) is 9.15. The van der Waals surface area contributed by atoms with E-state index in [0.717, 1.165) is 5.56 Å². The van der Waals surface area contributed by atoms with Crippen molar-refractivity contribution in [2.24, 2.45) is 0 Å². The highest BCUT2D eigenvalue weighted by Gasteiger charge is 2.14. The summed E-state index contributed by atoms with van der Waals surface area (Å²) in [4.78, 5) is 28.8. The van der Waals surface area contributed by atoms with Gasteiger partial charge in [-0.1, -0.05) is 42.0 Å². The van der Waals surface area contributed by atoms with E-state index in [0.29, 0.717) is 29.2 Å². The van der Waals surface area contributed by atoms with Crippen LogP contribution < -0.4 is 10.6 Å². The van der Waals surface area contributed by atoms with E-state index < -0.39 is 0 Å². The van der Waals surface area contributed by atoms with Crippen molar-refractivity contribution in [1.82, 2.24) is 4.98 Å². The van der Waals surface area contributed by atoms with E-state index >= 15 is 0 Å². The molecule has 0 saturated heterocycles. The van der Waals surface area contributed by atoms with Crippen LogP contribution in [0.5, 0.6) is 0 Å². The molecule has 0 radical (unpaired) electrons. The van der Waals surface area contributed by atoms with Crippen LogP contribution in [0, 0.1) is 6.92 Å². The Morgan fingerprint density at radius 2 is 1.81 bits per heavy atom. The smallest absolute Gasteiger partial charge is 0.259 e. The maximum Gasteiger partial charge on any atom is 0.259 e. The van der Waals surface area contributed by atoms with Gasteiger partial charge in [0.2, 0.25) is 5.91 Å². The van der Waals surface area contributed by atoms with Gasteiger partial charge < -0.3 is 5.32 Å². The Balaban J connectivity index is 1.62. The number of hydrogen-bond donors (Lipinski definition) is 2. The number of aromatic nitrogens is 1. The number of anilines is 2. The lowest BCUT2D eigenvalue weighted by Crippen LogP contribution is -2.18. The summed E-state index contributed by atoms with van der Waals surface area (Å²) in [6.45, 7) is 2.03. The third-order valence-corrected chi connectivity index (χ3v) is 4.55. The predicted octanol–water partition coefficient (Wildman–Crippen LogP) is 4.28. The maximum atomic E-state index is 12.4. The van der Waals surface area contributed by atoms with E-state index in [9.17, 15) is 9.59 Å². The first-order valence-electron chi connectivity index (χ1n) is 8.27. The fraction of sp³-hybridized carbons (Fsp3) is 0.150. The second-order valence-corrected chi connectivity index (χ2v) is 6.77. The van der Waals surface area contributed by atoms with Gasteiger partial charge in [0.1, 0.15) is 0 Å². The van der Waals surface area contributed by atoms with Crippen molar-refractivity contribution in [1.29, 1.82) is 0 Å². The zero-order valence-corrected chi connectivity index (χ0v) is 15.2. The Morgan fingerprint density at radius 1 is 1.04 bits per heavy atom. The molecule has 0 atom stereocenters. The second kappa shape index (κ2) is 8.40. The largest absolute Gasteiger partial charge is 0.325 e. The molecule has 1 heterocycles. The number of carbonyl (C=O) groups is 2. The SMILES string of the molecule is Cc1ccc(CCC(=O)Nc2ccccc2C(=O)Nc2nccs2)cc1. The summed E-state index contributed by atoms with van der Waals surface area (Å²) < 4.78 is 0. The lowest BCUT2D eigenvalue weighted by Gasteiger charge is -2.10. The minimum atomic E-state index is -0.297. The molecule has 0 unspecified atom stereocenters. The monoisotopic (exact) mass is 365 g/mol. The van der Waals surface area contributed by atoms with Crippen LogP contribution in [0.1, 0.15) is 27.9 Å². The predicted molar refractivity (Wildman–Crippen MR) is 105 cm³/mol. The standard InChI is InChI=1S/C20H19N3O2S/c1-14-6-8-15(9-7-14)10-11-18(24)22-17-5-3-2-4-16(17)19(25)23-20-21-12-13-26-20/h2-9,12-13H,10-11H2,1H3,(H,22,24)(H,21,23,25). The molecule has 2 aromatic carbocycles. The number of rotatable bonds is 6. The molecule has 0 spiro atoms. The van der Waals surface area contributed by atoms with Gasteiger partial charge in [0.25, 0.3) is 5.91 Å². The van der Waals surface area contributed by atoms with Crippen LogP contribution in [-0.4, -0.2) is 16.8 Å². The molecule has 26 heavy (non-hydrogen) atoms. The summed E-state index contributed by atoms with van der Waals surface area (Å²) in [6, 6.07) is 15.1. The average molecular weight is 365 g/mol. The minimum Gasteiger partial charge on any atom is -0.325 e. The Bertz CT molecular complexity index is 890. The highest BCUT2D eigenvalue weighted by atomic mass is 32.1. The summed E-state index contributed by atoms with van der Waals surface area (Å²) in [6.07, 6.45) is 2.63. The Kier molecular flexibility index (Phi) is 5.76. The van der Waals surface area contributed by atoms with Crippen LogP contribution in [0.25, 0.3) is 0 Å². The second-order valence-electron chi connectivity index (χ2n) is 5.87. The zero-order valence-electron chi connectivity index (χ0n) is 14.4. The quantitative estimate of drug-likeness (QED) is 0.685. The normalized spacial score (nSPS) is 10.3. The number of nitrogens with one attached hydrogen (secondary N) is 2. The molecule has 0 aliphatic rings. The van der Waals surface area contributed by atoms with Crippen molar-refractivity contribution < 1.29 is 9.59 Å². The van der Waals surface area contributed by atoms with E-state index in [2.05, 4.69) is 15.6 Å². The minimum absolute atomic E-state index is 0.125. The molecular formula is C20H19N3O2S. The summed E-state index contributed by atoms with van der Waals surface area (Å²) in [5.74, 6) is -0.422. The van der Waals surface area contributed by atoms with Crippen molar-refractivity contribution in [2.75, 3.05) is 10.6 Å². The molecule has 6 heteroatoms. The molecule has 2 amide bonds. The van der Waals surface area contributed by atoms with Crippen LogP contribution in [0.4, 0.5) is 10.8 Å². The number of carbonyl (C=O) groups excluding carboxylic acids is 2. The lowest BCUT2D eigenvalue weighted by molar-refractivity contribution is -0.116. The molecule has 1 aromatic heterocycles. The molecule has 3 rings (SSSR count). The number of aryl methyl sites for hydroxylation is 2. The van der Waals surface area contributed by atoms with Crippen molar-refractivity contribution in [3.8, 4) is 0 Å². The van der Waals surface area contributed by atoms with Gasteiger partial charge in [-0.15, -0.1) is 11.3 Å². The van der Waals surface area contributed by atoms with Crippen LogP contribution >= 0.6 is 11.3 Å². The van der Waals surface area contributed by atoms with E-state index in [1.807, 2.05) is 31.2 Å². The van der Waals surface area contributed by atoms with Gasteiger partial charge in [-0.3, -0.25) is 14.9 Å². The summed E-state index contributed by atoms with van der Waals surface area (Å²) in [5.41, 5.74) is 3.21. The van der Waals surface area contributed by atoms with Gasteiger partial charge in [0.15, 0.2) is 5.13 Å². The molecule has 2 N–H and O–H groups in total. The first-order chi connectivity index (χ1) is 12.6. The first kappa shape index (κ1) is 17.8. The third kappa shape index (κ3) is 4.77. The number of hydrogen-bond acceptors (Lipinski definition) is 4.